The quantitative estimate of drug-likeness (QED) is 0.529. The van der Waals surface area contributed by atoms with E-state index < -0.39 is 6.10 Å². The van der Waals surface area contributed by atoms with Gasteiger partial charge < -0.3 is 9.47 Å². The van der Waals surface area contributed by atoms with E-state index in [0.29, 0.717) is 24.2 Å². The first-order valence-electron chi connectivity index (χ1n) is 8.46. The number of carbonyl (C=O) groups is 1. The van der Waals surface area contributed by atoms with Gasteiger partial charge in [-0.05, 0) is 51.5 Å². The summed E-state index contributed by atoms with van der Waals surface area (Å²) in [7, 11) is 1.60. The van der Waals surface area contributed by atoms with Crippen LogP contribution in [0.15, 0.2) is 35.9 Å². The summed E-state index contributed by atoms with van der Waals surface area (Å²) in [5.74, 6) is 0.333. The van der Waals surface area contributed by atoms with E-state index >= 15 is 0 Å². The highest BCUT2D eigenvalue weighted by Crippen LogP contribution is 2.24. The summed E-state index contributed by atoms with van der Waals surface area (Å²) >= 11 is 0. The molecule has 1 rings (SSSR count). The van der Waals surface area contributed by atoms with Crippen molar-refractivity contribution in [1.29, 1.82) is 5.26 Å². The number of methoxy groups -OCH3 is 1. The van der Waals surface area contributed by atoms with Crippen LogP contribution in [0.2, 0.25) is 0 Å². The van der Waals surface area contributed by atoms with Gasteiger partial charge in [-0.25, -0.2) is 0 Å². The summed E-state index contributed by atoms with van der Waals surface area (Å²) in [6.45, 7) is 10.3. The lowest BCUT2D eigenvalue weighted by Crippen LogP contribution is -2.38. The molecule has 1 atom stereocenters. The van der Waals surface area contributed by atoms with E-state index in [9.17, 15) is 10.1 Å². The molecule has 0 saturated carbocycles. The number of benzene rings is 1. The lowest BCUT2D eigenvalue weighted by molar-refractivity contribution is -0.144. The van der Waals surface area contributed by atoms with E-state index in [2.05, 4.69) is 38.7 Å². The number of hydrogen-bond acceptors (Lipinski definition) is 5. The fourth-order valence-electron chi connectivity index (χ4n) is 2.64. The first-order valence-corrected chi connectivity index (χ1v) is 8.46. The van der Waals surface area contributed by atoms with Gasteiger partial charge in [0.25, 0.3) is 0 Å². The van der Waals surface area contributed by atoms with Gasteiger partial charge in [0.1, 0.15) is 11.9 Å². The first kappa shape index (κ1) is 20.7. The summed E-state index contributed by atoms with van der Waals surface area (Å²) < 4.78 is 10.6. The Morgan fingerprint density at radius 2 is 1.76 bits per heavy atom. The lowest BCUT2D eigenvalue weighted by atomic mass is 10.1. The molecular formula is C20H28N2O3. The van der Waals surface area contributed by atoms with Crippen molar-refractivity contribution in [2.45, 2.75) is 52.8 Å². The fraction of sp³-hybridized carbons (Fsp3) is 0.500. The van der Waals surface area contributed by atoms with Crippen LogP contribution in [0.4, 0.5) is 0 Å². The number of hydrogen-bond donors (Lipinski definition) is 0. The highest BCUT2D eigenvalue weighted by molar-refractivity contribution is 5.66. The average molecular weight is 344 g/mol. The molecule has 0 bridgehead atoms. The van der Waals surface area contributed by atoms with E-state index in [1.807, 2.05) is 12.1 Å². The Morgan fingerprint density at radius 3 is 2.16 bits per heavy atom. The van der Waals surface area contributed by atoms with Crippen LogP contribution in [-0.2, 0) is 9.53 Å². The van der Waals surface area contributed by atoms with E-state index in [-0.39, 0.29) is 5.97 Å². The van der Waals surface area contributed by atoms with Gasteiger partial charge in [0.15, 0.2) is 0 Å². The van der Waals surface area contributed by atoms with Gasteiger partial charge >= 0.3 is 5.97 Å². The van der Waals surface area contributed by atoms with Crippen molar-refractivity contribution in [1.82, 2.24) is 4.90 Å². The molecule has 0 aromatic heterocycles. The predicted molar refractivity (Wildman–Crippen MR) is 98.2 cm³/mol. The molecule has 0 heterocycles. The number of nitrogens with zero attached hydrogens (tertiary/aromatic N) is 2. The zero-order chi connectivity index (χ0) is 19.0. The van der Waals surface area contributed by atoms with Gasteiger partial charge in [0.05, 0.1) is 13.2 Å². The minimum Gasteiger partial charge on any atom is -0.497 e. The highest BCUT2D eigenvalue weighted by Gasteiger charge is 2.18. The van der Waals surface area contributed by atoms with Crippen LogP contribution < -0.4 is 4.74 Å². The Hall–Kier alpha value is -2.32. The van der Waals surface area contributed by atoms with Crippen molar-refractivity contribution in [3.05, 3.63) is 41.5 Å². The summed E-state index contributed by atoms with van der Waals surface area (Å²) in [5, 5.41) is 9.55. The van der Waals surface area contributed by atoms with Crippen molar-refractivity contribution in [2.75, 3.05) is 13.7 Å². The SMILES string of the molecule is COc1ccc(C(/C=C(\C#N)CN(C(C)C)C(C)C)OC(C)=O)cc1. The zero-order valence-electron chi connectivity index (χ0n) is 15.9. The zero-order valence-corrected chi connectivity index (χ0v) is 15.9. The normalized spacial score (nSPS) is 13.0. The van der Waals surface area contributed by atoms with Crippen molar-refractivity contribution >= 4 is 5.97 Å². The van der Waals surface area contributed by atoms with Gasteiger partial charge in [-0.3, -0.25) is 9.69 Å². The summed E-state index contributed by atoms with van der Waals surface area (Å²) in [5.41, 5.74) is 1.37. The minimum atomic E-state index is -0.598. The summed E-state index contributed by atoms with van der Waals surface area (Å²) in [6, 6.07) is 10.1. The van der Waals surface area contributed by atoms with E-state index in [1.54, 1.807) is 25.3 Å². The average Bonchev–Trinajstić information content (AvgIpc) is 2.56. The van der Waals surface area contributed by atoms with Crippen LogP contribution in [0.5, 0.6) is 5.75 Å². The number of carbonyl (C=O) groups excluding carboxylic acids is 1. The molecule has 25 heavy (non-hydrogen) atoms. The van der Waals surface area contributed by atoms with Crippen LogP contribution >= 0.6 is 0 Å². The lowest BCUT2D eigenvalue weighted by Gasteiger charge is -2.30. The minimum absolute atomic E-state index is 0.310. The highest BCUT2D eigenvalue weighted by atomic mass is 16.5. The number of esters is 1. The molecule has 0 radical (unpaired) electrons. The monoisotopic (exact) mass is 344 g/mol. The largest absolute Gasteiger partial charge is 0.497 e. The van der Waals surface area contributed by atoms with Crippen molar-refractivity contribution in [3.8, 4) is 11.8 Å². The Bertz CT molecular complexity index is 619. The topological polar surface area (TPSA) is 62.6 Å². The number of ether oxygens (including phenoxy) is 2. The standard InChI is InChI=1S/C20H28N2O3/c1-14(2)22(15(3)4)13-17(12-21)11-20(25-16(5)23)18-7-9-19(24-6)10-8-18/h7-11,14-15,20H,13H2,1-6H3/b17-11+. The molecule has 1 aromatic rings. The number of rotatable bonds is 8. The Labute approximate surface area is 150 Å². The molecular weight excluding hydrogens is 316 g/mol. The molecule has 0 saturated heterocycles. The smallest absolute Gasteiger partial charge is 0.303 e. The summed E-state index contributed by atoms with van der Waals surface area (Å²) in [6.07, 6.45) is 1.13. The Kier molecular flexibility index (Phi) is 8.17. The summed E-state index contributed by atoms with van der Waals surface area (Å²) in [4.78, 5) is 13.7. The maximum Gasteiger partial charge on any atom is 0.303 e. The second kappa shape index (κ2) is 9.85. The van der Waals surface area contributed by atoms with E-state index in [0.717, 1.165) is 11.3 Å². The number of nitriles is 1. The predicted octanol–water partition coefficient (Wildman–Crippen LogP) is 3.87. The van der Waals surface area contributed by atoms with Crippen molar-refractivity contribution < 1.29 is 14.3 Å². The molecule has 5 heteroatoms. The molecule has 5 nitrogen and oxygen atoms in total. The molecule has 0 aliphatic rings. The van der Waals surface area contributed by atoms with Gasteiger partial charge in [-0.2, -0.15) is 5.26 Å². The van der Waals surface area contributed by atoms with Gasteiger partial charge in [-0.15, -0.1) is 0 Å². The van der Waals surface area contributed by atoms with Gasteiger partial charge in [-0.1, -0.05) is 12.1 Å². The molecule has 0 aliphatic carbocycles. The molecule has 1 unspecified atom stereocenters. The Balaban J connectivity index is 3.12. The first-order chi connectivity index (χ1) is 11.8. The van der Waals surface area contributed by atoms with E-state index in [4.69, 9.17) is 9.47 Å². The third-order valence-corrected chi connectivity index (χ3v) is 3.91. The molecule has 0 fully saturated rings. The second-order valence-electron chi connectivity index (χ2n) is 6.47. The van der Waals surface area contributed by atoms with E-state index in [1.165, 1.54) is 6.92 Å². The maximum atomic E-state index is 11.5. The molecule has 0 amide bonds. The molecule has 0 N–H and O–H groups in total. The van der Waals surface area contributed by atoms with Crippen LogP contribution in [0.1, 0.15) is 46.3 Å². The van der Waals surface area contributed by atoms with Crippen LogP contribution in [0.3, 0.4) is 0 Å². The third kappa shape index (κ3) is 6.60. The molecule has 136 valence electrons. The molecule has 0 spiro atoms. The molecule has 1 aromatic carbocycles. The second-order valence-corrected chi connectivity index (χ2v) is 6.47. The van der Waals surface area contributed by atoms with Crippen LogP contribution in [0, 0.1) is 11.3 Å². The Morgan fingerprint density at radius 1 is 1.20 bits per heavy atom. The van der Waals surface area contributed by atoms with Crippen LogP contribution in [-0.4, -0.2) is 36.6 Å². The fourth-order valence-corrected chi connectivity index (χ4v) is 2.64. The van der Waals surface area contributed by atoms with Gasteiger partial charge in [0, 0.05) is 31.1 Å². The van der Waals surface area contributed by atoms with Crippen LogP contribution in [0.25, 0.3) is 0 Å². The van der Waals surface area contributed by atoms with Gasteiger partial charge in [0.2, 0.25) is 0 Å². The third-order valence-electron chi connectivity index (χ3n) is 3.91. The van der Waals surface area contributed by atoms with Crippen molar-refractivity contribution in [2.24, 2.45) is 0 Å². The maximum absolute atomic E-state index is 11.5. The van der Waals surface area contributed by atoms with Crippen molar-refractivity contribution in [3.63, 3.8) is 0 Å². The molecule has 0 aliphatic heterocycles.